The summed E-state index contributed by atoms with van der Waals surface area (Å²) in [4.78, 5) is 13.2. The Hall–Kier alpha value is -3.65. The lowest BCUT2D eigenvalue weighted by Crippen LogP contribution is -2.14. The van der Waals surface area contributed by atoms with E-state index in [0.29, 0.717) is 50.6 Å². The molecule has 4 aromatic rings. The molecule has 0 bridgehead atoms. The van der Waals surface area contributed by atoms with Gasteiger partial charge in [0.25, 0.3) is 5.91 Å². The average Bonchev–Trinajstić information content (AvgIpc) is 3.24. The van der Waals surface area contributed by atoms with Gasteiger partial charge in [-0.1, -0.05) is 16.8 Å². The van der Waals surface area contributed by atoms with Crippen molar-refractivity contribution in [3.8, 4) is 22.9 Å². The first kappa shape index (κ1) is 21.6. The molecule has 1 N–H and O–H groups in total. The highest BCUT2D eigenvalue weighted by atomic mass is 35.5. The Kier molecular flexibility index (Phi) is 5.71. The van der Waals surface area contributed by atoms with E-state index < -0.39 is 5.91 Å². The maximum atomic E-state index is 13.4. The lowest BCUT2D eigenvalue weighted by molar-refractivity contribution is 0.102. The quantitative estimate of drug-likeness (QED) is 0.409. The van der Waals surface area contributed by atoms with Crippen LogP contribution in [-0.4, -0.2) is 20.8 Å². The van der Waals surface area contributed by atoms with Gasteiger partial charge in [-0.25, -0.2) is 9.07 Å². The lowest BCUT2D eigenvalue weighted by Gasteiger charge is -2.10. The molecule has 0 atom stereocenters. The molecule has 7 nitrogen and oxygen atoms in total. The molecule has 0 saturated heterocycles. The van der Waals surface area contributed by atoms with Crippen molar-refractivity contribution < 1.29 is 18.4 Å². The third-order valence-electron chi connectivity index (χ3n) is 4.96. The fraction of sp³-hybridized carbons (Fsp3) is 0.174. The summed E-state index contributed by atoms with van der Waals surface area (Å²) in [6, 6.07) is 11.0. The second-order valence-electron chi connectivity index (χ2n) is 7.32. The van der Waals surface area contributed by atoms with Crippen LogP contribution < -0.4 is 10.1 Å². The Morgan fingerprint density at radius 3 is 2.56 bits per heavy atom. The van der Waals surface area contributed by atoms with Crippen LogP contribution in [0.1, 0.15) is 27.4 Å². The number of aryl methyl sites for hydroxylation is 4. The van der Waals surface area contributed by atoms with Crippen LogP contribution in [0, 0.1) is 26.6 Å². The first-order chi connectivity index (χ1) is 15.2. The molecule has 0 aliphatic carbocycles. The second-order valence-corrected chi connectivity index (χ2v) is 7.76. The molecule has 2 aromatic heterocycles. The van der Waals surface area contributed by atoms with Crippen LogP contribution in [-0.2, 0) is 7.05 Å². The van der Waals surface area contributed by atoms with Crippen LogP contribution in [0.2, 0.25) is 5.02 Å². The van der Waals surface area contributed by atoms with Crippen LogP contribution in [0.4, 0.5) is 10.1 Å². The highest BCUT2D eigenvalue weighted by Crippen LogP contribution is 2.38. The number of carbonyl (C=O) groups excluding carboxylic acids is 1. The van der Waals surface area contributed by atoms with Crippen molar-refractivity contribution in [3.05, 3.63) is 75.9 Å². The number of nitrogens with zero attached hydrogens (tertiary/aromatic N) is 3. The third kappa shape index (κ3) is 4.09. The maximum absolute atomic E-state index is 13.4. The largest absolute Gasteiger partial charge is 0.439 e. The first-order valence-corrected chi connectivity index (χ1v) is 10.1. The number of aromatic nitrogens is 3. The zero-order valence-corrected chi connectivity index (χ0v) is 18.6. The lowest BCUT2D eigenvalue weighted by atomic mass is 10.1. The number of nitrogens with one attached hydrogen (secondary N) is 1. The van der Waals surface area contributed by atoms with Gasteiger partial charge < -0.3 is 14.6 Å². The monoisotopic (exact) mass is 454 g/mol. The van der Waals surface area contributed by atoms with E-state index in [-0.39, 0.29) is 11.4 Å². The number of benzene rings is 2. The minimum atomic E-state index is -0.436. The molecule has 0 aliphatic heterocycles. The van der Waals surface area contributed by atoms with Gasteiger partial charge in [-0.3, -0.25) is 4.79 Å². The number of halogens is 2. The Bertz CT molecular complexity index is 1310. The summed E-state index contributed by atoms with van der Waals surface area (Å²) in [6.45, 7) is 5.15. The van der Waals surface area contributed by atoms with E-state index in [0.717, 1.165) is 0 Å². The highest BCUT2D eigenvalue weighted by Gasteiger charge is 2.28. The van der Waals surface area contributed by atoms with Crippen molar-refractivity contribution >= 4 is 23.2 Å². The second kappa shape index (κ2) is 8.47. The molecular formula is C23H20ClFN4O3. The summed E-state index contributed by atoms with van der Waals surface area (Å²) in [5.41, 5.74) is 2.76. The number of hydrogen-bond donors (Lipinski definition) is 1. The van der Waals surface area contributed by atoms with E-state index in [1.165, 1.54) is 18.2 Å². The third-order valence-corrected chi connectivity index (χ3v) is 5.21. The Morgan fingerprint density at radius 2 is 1.88 bits per heavy atom. The number of anilines is 1. The minimum Gasteiger partial charge on any atom is -0.439 e. The fourth-order valence-electron chi connectivity index (χ4n) is 3.40. The summed E-state index contributed by atoms with van der Waals surface area (Å²) in [5.74, 6) is 0.460. The van der Waals surface area contributed by atoms with E-state index in [4.69, 9.17) is 20.9 Å². The van der Waals surface area contributed by atoms with E-state index >= 15 is 0 Å². The van der Waals surface area contributed by atoms with Gasteiger partial charge in [-0.05, 0) is 68.8 Å². The van der Waals surface area contributed by atoms with Crippen molar-refractivity contribution in [2.24, 2.45) is 7.05 Å². The molecule has 0 unspecified atom stereocenters. The van der Waals surface area contributed by atoms with E-state index in [9.17, 15) is 9.18 Å². The predicted molar refractivity (Wildman–Crippen MR) is 119 cm³/mol. The molecule has 0 saturated carbocycles. The van der Waals surface area contributed by atoms with Gasteiger partial charge >= 0.3 is 0 Å². The first-order valence-electron chi connectivity index (χ1n) is 9.75. The highest BCUT2D eigenvalue weighted by molar-refractivity contribution is 6.30. The van der Waals surface area contributed by atoms with Gasteiger partial charge in [0.2, 0.25) is 5.88 Å². The molecule has 0 fully saturated rings. The average molecular weight is 455 g/mol. The van der Waals surface area contributed by atoms with Crippen molar-refractivity contribution in [2.45, 2.75) is 20.8 Å². The Balaban J connectivity index is 1.74. The number of hydrogen-bond acceptors (Lipinski definition) is 5. The summed E-state index contributed by atoms with van der Waals surface area (Å²) in [5, 5.41) is 11.9. The van der Waals surface area contributed by atoms with Gasteiger partial charge in [-0.2, -0.15) is 5.10 Å². The van der Waals surface area contributed by atoms with Crippen molar-refractivity contribution in [1.82, 2.24) is 14.9 Å². The molecule has 0 aliphatic rings. The summed E-state index contributed by atoms with van der Waals surface area (Å²) < 4.78 is 26.4. The minimum absolute atomic E-state index is 0.241. The van der Waals surface area contributed by atoms with Gasteiger partial charge in [0.15, 0.2) is 0 Å². The predicted octanol–water partition coefficient (Wildman–Crippen LogP) is 5.84. The molecule has 32 heavy (non-hydrogen) atoms. The zero-order chi connectivity index (χ0) is 23.0. The number of ether oxygens (including phenoxy) is 1. The number of amides is 1. The summed E-state index contributed by atoms with van der Waals surface area (Å²) in [6.07, 6.45) is 0. The zero-order valence-electron chi connectivity index (χ0n) is 17.9. The van der Waals surface area contributed by atoms with Crippen LogP contribution in [0.5, 0.6) is 11.6 Å². The van der Waals surface area contributed by atoms with Gasteiger partial charge in [0.1, 0.15) is 28.6 Å². The Morgan fingerprint density at radius 1 is 1.16 bits per heavy atom. The van der Waals surface area contributed by atoms with E-state index in [1.807, 2.05) is 0 Å². The number of carbonyl (C=O) groups is 1. The molecule has 4 rings (SSSR count). The van der Waals surface area contributed by atoms with Gasteiger partial charge in [0, 0.05) is 17.8 Å². The molecule has 0 radical (unpaired) electrons. The SMILES string of the molecule is Cc1cc(F)ccc1NC(=O)c1c(-c2c(C)nn(C)c2Oc2ccc(Cl)cc2)noc1C. The van der Waals surface area contributed by atoms with Crippen LogP contribution in [0.25, 0.3) is 11.3 Å². The molecule has 2 heterocycles. The summed E-state index contributed by atoms with van der Waals surface area (Å²) in [7, 11) is 1.73. The molecule has 2 aromatic carbocycles. The molecule has 9 heteroatoms. The van der Waals surface area contributed by atoms with E-state index in [2.05, 4.69) is 15.6 Å². The normalized spacial score (nSPS) is 10.9. The molecule has 1 amide bonds. The molecular weight excluding hydrogens is 435 g/mol. The van der Waals surface area contributed by atoms with Crippen LogP contribution >= 0.6 is 11.6 Å². The van der Waals surface area contributed by atoms with Crippen LogP contribution in [0.3, 0.4) is 0 Å². The Labute approximate surface area is 188 Å². The van der Waals surface area contributed by atoms with Gasteiger partial charge in [0.05, 0.1) is 11.3 Å². The molecule has 0 spiro atoms. The van der Waals surface area contributed by atoms with Crippen LogP contribution in [0.15, 0.2) is 47.0 Å². The van der Waals surface area contributed by atoms with Crippen molar-refractivity contribution in [3.63, 3.8) is 0 Å². The smallest absolute Gasteiger partial charge is 0.261 e. The van der Waals surface area contributed by atoms with Crippen molar-refractivity contribution in [2.75, 3.05) is 5.32 Å². The fourth-order valence-corrected chi connectivity index (χ4v) is 3.53. The van der Waals surface area contributed by atoms with E-state index in [1.54, 1.807) is 56.8 Å². The van der Waals surface area contributed by atoms with Gasteiger partial charge in [-0.15, -0.1) is 0 Å². The maximum Gasteiger partial charge on any atom is 0.261 e. The standard InChI is InChI=1S/C23H20ClFN4O3/c1-12-11-16(25)7-10-18(12)26-22(30)20-14(3)32-28-21(20)19-13(2)27-29(4)23(19)31-17-8-5-15(24)6-9-17/h5-11H,1-4H3,(H,26,30). The summed E-state index contributed by atoms with van der Waals surface area (Å²) >= 11 is 5.96. The topological polar surface area (TPSA) is 82.2 Å². The molecule has 164 valence electrons. The number of rotatable bonds is 5. The van der Waals surface area contributed by atoms with Crippen molar-refractivity contribution in [1.29, 1.82) is 0 Å².